The molecule has 0 aromatic rings. The molecule has 13 heavy (non-hydrogen) atoms. The fourth-order valence-electron chi connectivity index (χ4n) is 2.77. The van der Waals surface area contributed by atoms with Gasteiger partial charge in [0, 0.05) is 6.04 Å². The Hall–Kier alpha value is -0.0400. The average molecular weight is 183 g/mol. The van der Waals surface area contributed by atoms with E-state index >= 15 is 0 Å². The highest BCUT2D eigenvalue weighted by atomic mass is 14.7. The van der Waals surface area contributed by atoms with Gasteiger partial charge in [0.25, 0.3) is 0 Å². The summed E-state index contributed by atoms with van der Waals surface area (Å²) in [7, 11) is 0. The lowest BCUT2D eigenvalue weighted by atomic mass is 9.70. The van der Waals surface area contributed by atoms with Crippen molar-refractivity contribution >= 4 is 0 Å². The van der Waals surface area contributed by atoms with Gasteiger partial charge in [0.2, 0.25) is 0 Å². The summed E-state index contributed by atoms with van der Waals surface area (Å²) in [6.45, 7) is 7.01. The van der Waals surface area contributed by atoms with Gasteiger partial charge in [-0.05, 0) is 30.6 Å². The number of rotatable bonds is 3. The van der Waals surface area contributed by atoms with Gasteiger partial charge < -0.3 is 5.73 Å². The maximum absolute atomic E-state index is 6.21. The molecule has 0 amide bonds. The second-order valence-corrected chi connectivity index (χ2v) is 4.88. The zero-order valence-corrected chi connectivity index (χ0v) is 9.42. The molecule has 0 saturated heterocycles. The molecule has 0 aliphatic heterocycles. The first-order valence-electron chi connectivity index (χ1n) is 5.92. The lowest BCUT2D eigenvalue weighted by Crippen LogP contribution is -2.38. The van der Waals surface area contributed by atoms with Crippen LogP contribution in [0.25, 0.3) is 0 Å². The fourth-order valence-corrected chi connectivity index (χ4v) is 2.77. The summed E-state index contributed by atoms with van der Waals surface area (Å²) in [6.07, 6.45) is 6.62. The van der Waals surface area contributed by atoms with E-state index in [1.165, 1.54) is 32.1 Å². The van der Waals surface area contributed by atoms with Crippen LogP contribution in [0.1, 0.15) is 52.9 Å². The molecule has 1 saturated carbocycles. The molecule has 1 aliphatic rings. The van der Waals surface area contributed by atoms with Crippen LogP contribution in [0.3, 0.4) is 0 Å². The topological polar surface area (TPSA) is 26.0 Å². The highest BCUT2D eigenvalue weighted by Gasteiger charge is 2.30. The van der Waals surface area contributed by atoms with Gasteiger partial charge in [-0.1, -0.05) is 40.0 Å². The van der Waals surface area contributed by atoms with Crippen LogP contribution < -0.4 is 5.73 Å². The molecule has 0 bridgehead atoms. The second-order valence-electron chi connectivity index (χ2n) is 4.88. The third kappa shape index (κ3) is 2.70. The molecule has 4 atom stereocenters. The molecule has 0 heterocycles. The SMILES string of the molecule is CCCC(N)C1CCCC(C)C1C. The van der Waals surface area contributed by atoms with Crippen molar-refractivity contribution in [3.8, 4) is 0 Å². The van der Waals surface area contributed by atoms with Crippen LogP contribution in [0.5, 0.6) is 0 Å². The predicted molar refractivity (Wildman–Crippen MR) is 58.6 cm³/mol. The molecular formula is C12H25N. The largest absolute Gasteiger partial charge is 0.327 e. The Bertz CT molecular complexity index is 144. The zero-order chi connectivity index (χ0) is 9.84. The summed E-state index contributed by atoms with van der Waals surface area (Å²) >= 11 is 0. The van der Waals surface area contributed by atoms with Crippen molar-refractivity contribution < 1.29 is 0 Å². The summed E-state index contributed by atoms with van der Waals surface area (Å²) in [4.78, 5) is 0. The van der Waals surface area contributed by atoms with Gasteiger partial charge in [-0.25, -0.2) is 0 Å². The first-order valence-corrected chi connectivity index (χ1v) is 5.92. The second kappa shape index (κ2) is 4.99. The van der Waals surface area contributed by atoms with E-state index in [4.69, 9.17) is 5.73 Å². The van der Waals surface area contributed by atoms with E-state index in [0.29, 0.717) is 6.04 Å². The van der Waals surface area contributed by atoms with Crippen molar-refractivity contribution in [3.05, 3.63) is 0 Å². The van der Waals surface area contributed by atoms with Crippen LogP contribution in [0.15, 0.2) is 0 Å². The quantitative estimate of drug-likeness (QED) is 0.714. The molecule has 0 aromatic carbocycles. The van der Waals surface area contributed by atoms with E-state index in [9.17, 15) is 0 Å². The Labute approximate surface area is 83.1 Å². The van der Waals surface area contributed by atoms with E-state index in [2.05, 4.69) is 20.8 Å². The fraction of sp³-hybridized carbons (Fsp3) is 1.00. The number of hydrogen-bond donors (Lipinski definition) is 1. The minimum absolute atomic E-state index is 0.461. The number of nitrogens with two attached hydrogens (primary N) is 1. The highest BCUT2D eigenvalue weighted by Crippen LogP contribution is 2.36. The van der Waals surface area contributed by atoms with E-state index in [1.54, 1.807) is 0 Å². The van der Waals surface area contributed by atoms with Crippen molar-refractivity contribution in [1.82, 2.24) is 0 Å². The molecule has 0 aromatic heterocycles. The third-order valence-electron chi connectivity index (χ3n) is 3.94. The highest BCUT2D eigenvalue weighted by molar-refractivity contribution is 4.83. The van der Waals surface area contributed by atoms with Gasteiger partial charge in [-0.3, -0.25) is 0 Å². The van der Waals surface area contributed by atoms with Crippen molar-refractivity contribution in [3.63, 3.8) is 0 Å². The van der Waals surface area contributed by atoms with Crippen molar-refractivity contribution in [2.45, 2.75) is 58.9 Å². The van der Waals surface area contributed by atoms with Gasteiger partial charge in [0.05, 0.1) is 0 Å². The van der Waals surface area contributed by atoms with Gasteiger partial charge in [-0.15, -0.1) is 0 Å². The minimum Gasteiger partial charge on any atom is -0.327 e. The molecule has 78 valence electrons. The molecule has 2 N–H and O–H groups in total. The average Bonchev–Trinajstić information content (AvgIpc) is 2.10. The maximum Gasteiger partial charge on any atom is 0.00697 e. The molecule has 1 rings (SSSR count). The first kappa shape index (κ1) is 11.0. The molecule has 1 nitrogen and oxygen atoms in total. The van der Waals surface area contributed by atoms with Crippen LogP contribution in [-0.2, 0) is 0 Å². The smallest absolute Gasteiger partial charge is 0.00697 e. The van der Waals surface area contributed by atoms with Gasteiger partial charge in [-0.2, -0.15) is 0 Å². The van der Waals surface area contributed by atoms with Crippen molar-refractivity contribution in [2.75, 3.05) is 0 Å². The number of hydrogen-bond acceptors (Lipinski definition) is 1. The summed E-state index contributed by atoms with van der Waals surface area (Å²) in [6, 6.07) is 0.461. The summed E-state index contributed by atoms with van der Waals surface area (Å²) < 4.78 is 0. The molecule has 0 radical (unpaired) electrons. The van der Waals surface area contributed by atoms with Gasteiger partial charge in [0.15, 0.2) is 0 Å². The molecule has 1 fully saturated rings. The molecule has 1 heteroatoms. The maximum atomic E-state index is 6.21. The van der Waals surface area contributed by atoms with Crippen LogP contribution in [-0.4, -0.2) is 6.04 Å². The lowest BCUT2D eigenvalue weighted by molar-refractivity contribution is 0.151. The Morgan fingerprint density at radius 1 is 1.31 bits per heavy atom. The Balaban J connectivity index is 2.46. The summed E-state index contributed by atoms with van der Waals surface area (Å²) in [5, 5.41) is 0. The summed E-state index contributed by atoms with van der Waals surface area (Å²) in [5.74, 6) is 2.53. The van der Waals surface area contributed by atoms with E-state index in [1.807, 2.05) is 0 Å². The zero-order valence-electron chi connectivity index (χ0n) is 9.42. The minimum atomic E-state index is 0.461. The lowest BCUT2D eigenvalue weighted by Gasteiger charge is -2.37. The van der Waals surface area contributed by atoms with Crippen LogP contribution in [0.4, 0.5) is 0 Å². The van der Waals surface area contributed by atoms with Gasteiger partial charge in [0.1, 0.15) is 0 Å². The molecule has 1 aliphatic carbocycles. The summed E-state index contributed by atoms with van der Waals surface area (Å²) in [5.41, 5.74) is 6.21. The first-order chi connectivity index (χ1) is 6.16. The van der Waals surface area contributed by atoms with Gasteiger partial charge >= 0.3 is 0 Å². The van der Waals surface area contributed by atoms with E-state index in [-0.39, 0.29) is 0 Å². The predicted octanol–water partition coefficient (Wildman–Crippen LogP) is 3.19. The van der Waals surface area contributed by atoms with Crippen LogP contribution >= 0.6 is 0 Å². The monoisotopic (exact) mass is 183 g/mol. The Kier molecular flexibility index (Phi) is 4.24. The molecular weight excluding hydrogens is 158 g/mol. The molecule has 4 unspecified atom stereocenters. The van der Waals surface area contributed by atoms with E-state index < -0.39 is 0 Å². The van der Waals surface area contributed by atoms with Crippen LogP contribution in [0.2, 0.25) is 0 Å². The van der Waals surface area contributed by atoms with E-state index in [0.717, 1.165) is 17.8 Å². The molecule has 0 spiro atoms. The van der Waals surface area contributed by atoms with Crippen molar-refractivity contribution in [1.29, 1.82) is 0 Å². The Morgan fingerprint density at radius 2 is 2.00 bits per heavy atom. The third-order valence-corrected chi connectivity index (χ3v) is 3.94. The normalized spacial score (nSPS) is 37.4. The Morgan fingerprint density at radius 3 is 2.62 bits per heavy atom. The van der Waals surface area contributed by atoms with Crippen LogP contribution in [0, 0.1) is 17.8 Å². The standard InChI is InChI=1S/C12H25N/c1-4-6-12(13)11-8-5-7-9(2)10(11)3/h9-12H,4-8,13H2,1-3H3. The van der Waals surface area contributed by atoms with Crippen molar-refractivity contribution in [2.24, 2.45) is 23.5 Å².